The van der Waals surface area contributed by atoms with Crippen molar-refractivity contribution in [3.8, 4) is 0 Å². The molecular weight excluding hydrogens is 1430 g/mol. The first-order valence-electron chi connectivity index (χ1n) is 36.2. The van der Waals surface area contributed by atoms with Crippen molar-refractivity contribution in [2.24, 2.45) is 63.8 Å². The SMILES string of the molecule is C=O.C=O.C=O.C=O.C=O.C=O.C=O.C=O.C=O.C=O.CC.CC.CC.CC(=O)N(C)[C@@H](Cc1ccccc1)C(=O)N(C)[C@@H](Cc1ccccc1)C(=O)N[C@@H](C)C(=O)N1CCCCC1.CC(C)C.CC(C)O.CCC(C)C.CCC(C)C.CCC(C)C.CCc1ccccc1.CN.CN.CN.CN.CN.CN.CN.N.N.N. The molecule has 1 heterocycles. The Balaban J connectivity index is -0.0000000347. The minimum Gasteiger partial charge on any atom is -0.394 e. The van der Waals surface area contributed by atoms with E-state index in [1.165, 1.54) is 90.9 Å². The molecule has 0 bridgehead atoms. The van der Waals surface area contributed by atoms with Crippen LogP contribution in [0.1, 0.15) is 214 Å². The number of benzene rings is 3. The molecule has 0 radical (unpaired) electrons. The summed E-state index contributed by atoms with van der Waals surface area (Å²) in [5.41, 5.74) is 34.7. The van der Waals surface area contributed by atoms with Crippen molar-refractivity contribution in [3.05, 3.63) is 108 Å². The topological polar surface area (TPSA) is 568 Å². The number of nitrogens with zero attached hydrogens (tertiary/aromatic N) is 3. The molecule has 25 N–H and O–H groups in total. The monoisotopic (exact) mass is 1620 g/mol. The predicted molar refractivity (Wildman–Crippen MR) is 487 cm³/mol. The van der Waals surface area contributed by atoms with Crippen molar-refractivity contribution in [3.63, 3.8) is 0 Å². The molecule has 29 heteroatoms. The summed E-state index contributed by atoms with van der Waals surface area (Å²) in [4.78, 5) is 137. The van der Waals surface area contributed by atoms with Crippen LogP contribution in [0.15, 0.2) is 91.0 Å². The number of amides is 4. The van der Waals surface area contributed by atoms with Crippen LogP contribution in [0.2, 0.25) is 0 Å². The van der Waals surface area contributed by atoms with Crippen molar-refractivity contribution >= 4 is 91.5 Å². The summed E-state index contributed by atoms with van der Waals surface area (Å²) in [6, 6.07) is 27.1. The van der Waals surface area contributed by atoms with E-state index in [2.05, 4.69) is 160 Å². The zero-order valence-electron chi connectivity index (χ0n) is 77.8. The molecule has 0 unspecified atom stereocenters. The lowest BCUT2D eigenvalue weighted by Gasteiger charge is -2.35. The second-order valence-electron chi connectivity index (χ2n) is 20.2. The maximum absolute atomic E-state index is 13.9. The molecule has 3 aromatic rings. The summed E-state index contributed by atoms with van der Waals surface area (Å²) in [5, 5.41) is 10.9. The van der Waals surface area contributed by atoms with E-state index in [1.807, 2.05) is 176 Å². The Morgan fingerprint density at radius 1 is 0.393 bits per heavy atom. The van der Waals surface area contributed by atoms with E-state index in [9.17, 15) is 19.2 Å². The van der Waals surface area contributed by atoms with Gasteiger partial charge in [-0.25, -0.2) is 0 Å². The summed E-state index contributed by atoms with van der Waals surface area (Å²) in [6.07, 6.45) is 8.53. The fraction of sp³-hybridized carbons (Fsp3) is 0.614. The van der Waals surface area contributed by atoms with Gasteiger partial charge in [-0.1, -0.05) is 242 Å². The van der Waals surface area contributed by atoms with Gasteiger partial charge in [0.05, 0.1) is 0 Å². The highest BCUT2D eigenvalue weighted by atomic mass is 16.3. The average Bonchev–Trinajstić information content (AvgIpc) is 0.822. The summed E-state index contributed by atoms with van der Waals surface area (Å²) >= 11 is 0. The van der Waals surface area contributed by atoms with Gasteiger partial charge in [-0.05, 0) is 136 Å². The average molecular weight is 1620 g/mol. The minimum absolute atomic E-state index is 0. The Hall–Kier alpha value is -8.20. The van der Waals surface area contributed by atoms with Gasteiger partial charge in [-0.15, -0.1) is 0 Å². The number of nitrogens with one attached hydrogen (secondary N) is 1. The smallest absolute Gasteiger partial charge is 0.246 e. The second-order valence-corrected chi connectivity index (χ2v) is 20.2. The van der Waals surface area contributed by atoms with Crippen LogP contribution < -0.4 is 63.9 Å². The lowest BCUT2D eigenvalue weighted by atomic mass is 10.00. The van der Waals surface area contributed by atoms with Crippen LogP contribution in [0, 0.1) is 23.7 Å². The molecule has 1 fully saturated rings. The molecule has 4 rings (SSSR count). The molecule has 112 heavy (non-hydrogen) atoms. The van der Waals surface area contributed by atoms with Crippen LogP contribution in [0.3, 0.4) is 0 Å². The van der Waals surface area contributed by atoms with Crippen LogP contribution in [0.4, 0.5) is 0 Å². The van der Waals surface area contributed by atoms with E-state index in [-0.39, 0.29) is 48.7 Å². The maximum atomic E-state index is 13.9. The molecule has 678 valence electrons. The highest BCUT2D eigenvalue weighted by Crippen LogP contribution is 2.17. The lowest BCUT2D eigenvalue weighted by Crippen LogP contribution is -2.58. The van der Waals surface area contributed by atoms with Gasteiger partial charge in [0.25, 0.3) is 0 Å². The summed E-state index contributed by atoms with van der Waals surface area (Å²) < 4.78 is 0. The Morgan fingerprint density at radius 3 is 0.768 bits per heavy atom. The highest BCUT2D eigenvalue weighted by molar-refractivity contribution is 5.94. The number of likely N-dealkylation sites (tertiary alicyclic amines) is 1. The molecule has 0 aromatic heterocycles. The van der Waals surface area contributed by atoms with E-state index in [4.69, 9.17) is 53.1 Å². The largest absolute Gasteiger partial charge is 0.394 e. The first-order valence-corrected chi connectivity index (χ1v) is 36.2. The van der Waals surface area contributed by atoms with E-state index >= 15 is 0 Å². The summed E-state index contributed by atoms with van der Waals surface area (Å²) in [5.74, 6) is 2.41. The number of carbonyl (C=O) groups is 14. The fourth-order valence-electron chi connectivity index (χ4n) is 5.55. The zero-order valence-corrected chi connectivity index (χ0v) is 77.8. The molecule has 3 atom stereocenters. The molecule has 1 aliphatic heterocycles. The molecule has 4 amide bonds. The van der Waals surface area contributed by atoms with Crippen molar-refractivity contribution in [1.82, 2.24) is 38.5 Å². The maximum Gasteiger partial charge on any atom is 0.246 e. The second kappa shape index (κ2) is 201. The van der Waals surface area contributed by atoms with Crippen molar-refractivity contribution in [2.75, 3.05) is 76.5 Å². The number of aryl methyl sites for hydroxylation is 1. The number of piperidine rings is 1. The number of aliphatic hydroxyl groups excluding tert-OH is 1. The Morgan fingerprint density at radius 2 is 0.589 bits per heavy atom. The van der Waals surface area contributed by atoms with E-state index in [1.54, 1.807) is 39.8 Å². The molecule has 0 saturated carbocycles. The van der Waals surface area contributed by atoms with Crippen LogP contribution in [0.25, 0.3) is 0 Å². The normalized spacial score (nSPS) is 8.78. The van der Waals surface area contributed by atoms with Gasteiger partial charge < -0.3 is 132 Å². The molecule has 1 saturated heterocycles. The van der Waals surface area contributed by atoms with Gasteiger partial charge in [0.2, 0.25) is 23.6 Å². The Bertz CT molecular complexity index is 1850. The number of hydrogen-bond donors (Lipinski definition) is 12. The number of nitrogens with two attached hydrogens (primary N) is 7. The zero-order chi connectivity index (χ0) is 93.5. The minimum atomic E-state index is -0.861. The van der Waals surface area contributed by atoms with Crippen molar-refractivity contribution in [1.29, 1.82) is 0 Å². The van der Waals surface area contributed by atoms with E-state index in [0.29, 0.717) is 19.5 Å². The first-order chi connectivity index (χ1) is 52.4. The molecule has 0 spiro atoms. The number of likely N-dealkylation sites (N-methyl/N-ethyl adjacent to an activating group) is 2. The van der Waals surface area contributed by atoms with Crippen LogP contribution in [-0.4, -0.2) is 212 Å². The van der Waals surface area contributed by atoms with Gasteiger partial charge in [-0.2, -0.15) is 0 Å². The van der Waals surface area contributed by atoms with Crippen LogP contribution in [-0.2, 0) is 86.4 Å². The summed E-state index contributed by atoms with van der Waals surface area (Å²) in [6.45, 7) is 68.5. The van der Waals surface area contributed by atoms with E-state index in [0.717, 1.165) is 60.5 Å². The first kappa shape index (κ1) is 181. The third-order valence-electron chi connectivity index (χ3n) is 11.0. The number of aliphatic hydroxyl groups is 1. The molecule has 0 aliphatic carbocycles. The third-order valence-corrected chi connectivity index (χ3v) is 11.0. The Kier molecular flexibility index (Phi) is 325. The molecule has 3 aromatic carbocycles. The lowest BCUT2D eigenvalue weighted by molar-refractivity contribution is -0.147. The van der Waals surface area contributed by atoms with Crippen LogP contribution >= 0.6 is 0 Å². The number of carbonyl (C=O) groups excluding carboxylic acids is 14. The quantitative estimate of drug-likeness (QED) is 0.0713. The highest BCUT2D eigenvalue weighted by Gasteiger charge is 2.36. The standard InChI is InChI=1S/C30H40N4O4.C8H10.3C5H12.C4H10.C3H8O.3C2H6.7CH5N.10CH2O.3H3N/c1-22(29(37)34-18-12-7-13-19-34)31-28(36)26(20-24-14-8-5-9-15-24)33(4)30(38)27(32(3)23(2)35)21-25-16-10-6-11-17-25;1-2-8-6-4-3-5-7-8;3*1-4-5(2)3;1-4(2)3;1-3(2)4;20*1-2;;;/h5-6,8-11,14-17,22,26-27H,7,12-13,18-21H2,1-4H3,(H,31,36);3-7H,2H2,1H3;3*5H,4H2,1-3H3;4H,1-3H3;3-4H,1-2H3;3*1-2H3;7*2H2,1H3;10*1H2;3*1H3/t22-,26-,27-;;;;;;;;;;;;;;;;;;;;;;;;;;;;;/m0............................./s1. The van der Waals surface area contributed by atoms with Crippen LogP contribution in [0.5, 0.6) is 0 Å². The third kappa shape index (κ3) is 180. The van der Waals surface area contributed by atoms with Crippen molar-refractivity contribution < 1.29 is 72.2 Å². The van der Waals surface area contributed by atoms with Gasteiger partial charge in [-0.3, -0.25) is 19.2 Å². The molecule has 1 aliphatic rings. The van der Waals surface area contributed by atoms with E-state index < -0.39 is 24.0 Å². The van der Waals surface area contributed by atoms with Gasteiger partial charge in [0, 0.05) is 53.1 Å². The van der Waals surface area contributed by atoms with Gasteiger partial charge in [0.15, 0.2) is 0 Å². The predicted octanol–water partition coefficient (Wildman–Crippen LogP) is 11.9. The molecule has 29 nitrogen and oxygen atoms in total. The van der Waals surface area contributed by atoms with Gasteiger partial charge in [0.1, 0.15) is 86.0 Å². The van der Waals surface area contributed by atoms with Gasteiger partial charge >= 0.3 is 0 Å². The van der Waals surface area contributed by atoms with Crippen molar-refractivity contribution in [2.45, 2.75) is 241 Å². The summed E-state index contributed by atoms with van der Waals surface area (Å²) in [7, 11) is 13.7. The fourth-order valence-corrected chi connectivity index (χ4v) is 5.55. The Labute approximate surface area is 688 Å². The molecular formula is C83H186N14O15. The number of rotatable bonds is 14. The number of hydrogen-bond acceptors (Lipinski definition) is 25.